The molecule has 0 amide bonds. The number of hydrogen-bond donors (Lipinski definition) is 2. The molecule has 3 aromatic rings. The second kappa shape index (κ2) is 7.40. The molecular weight excluding hydrogens is 366 g/mol. The smallest absolute Gasteiger partial charge is 0.141 e. The standard InChI is InChI=1S/C18H18BrN5/c1-2-16(12-4-3-5-14(19)8-12)22-10-13(9-20)17-15-6-7-21-18(15)24-11-23-17/h3-11,16H,2,20H2,1H3,(H,21,23,24). The minimum atomic E-state index is 0.0704. The highest BCUT2D eigenvalue weighted by atomic mass is 79.9. The Morgan fingerprint density at radius 3 is 3.00 bits per heavy atom. The number of aromatic nitrogens is 3. The van der Waals surface area contributed by atoms with Crippen LogP contribution < -0.4 is 5.73 Å². The van der Waals surface area contributed by atoms with Crippen molar-refractivity contribution >= 4 is 38.8 Å². The molecule has 6 heteroatoms. The van der Waals surface area contributed by atoms with Gasteiger partial charge < -0.3 is 10.7 Å². The summed E-state index contributed by atoms with van der Waals surface area (Å²) in [4.78, 5) is 16.4. The Hall–Kier alpha value is -2.47. The maximum absolute atomic E-state index is 5.82. The highest BCUT2D eigenvalue weighted by Gasteiger charge is 2.10. The van der Waals surface area contributed by atoms with Crippen LogP contribution in [0.4, 0.5) is 0 Å². The quantitative estimate of drug-likeness (QED) is 0.646. The van der Waals surface area contributed by atoms with Crippen molar-refractivity contribution in [1.82, 2.24) is 15.0 Å². The van der Waals surface area contributed by atoms with Crippen molar-refractivity contribution in [3.63, 3.8) is 0 Å². The fourth-order valence-corrected chi connectivity index (χ4v) is 3.01. The lowest BCUT2D eigenvalue weighted by molar-refractivity contribution is 0.704. The van der Waals surface area contributed by atoms with E-state index in [2.05, 4.69) is 49.9 Å². The van der Waals surface area contributed by atoms with Crippen LogP contribution >= 0.6 is 15.9 Å². The molecule has 0 radical (unpaired) electrons. The Kier molecular flexibility index (Phi) is 5.05. The van der Waals surface area contributed by atoms with Gasteiger partial charge in [-0.25, -0.2) is 9.97 Å². The van der Waals surface area contributed by atoms with E-state index in [9.17, 15) is 0 Å². The lowest BCUT2D eigenvalue weighted by Gasteiger charge is -2.11. The van der Waals surface area contributed by atoms with E-state index < -0.39 is 0 Å². The maximum Gasteiger partial charge on any atom is 0.141 e. The number of halogens is 1. The molecule has 122 valence electrons. The van der Waals surface area contributed by atoms with Crippen LogP contribution in [-0.2, 0) is 0 Å². The molecule has 1 aromatic carbocycles. The highest BCUT2D eigenvalue weighted by molar-refractivity contribution is 9.10. The Morgan fingerprint density at radius 2 is 2.25 bits per heavy atom. The number of nitrogens with one attached hydrogen (secondary N) is 1. The molecule has 0 saturated carbocycles. The van der Waals surface area contributed by atoms with Gasteiger partial charge in [-0.15, -0.1) is 0 Å². The summed E-state index contributed by atoms with van der Waals surface area (Å²) < 4.78 is 1.05. The molecular formula is C18H18BrN5. The average Bonchev–Trinajstić information content (AvgIpc) is 3.08. The molecule has 1 atom stereocenters. The summed E-state index contributed by atoms with van der Waals surface area (Å²) in [6, 6.07) is 10.2. The van der Waals surface area contributed by atoms with Gasteiger partial charge in [0.1, 0.15) is 12.0 Å². The third-order valence-electron chi connectivity index (χ3n) is 3.82. The van der Waals surface area contributed by atoms with E-state index in [0.29, 0.717) is 0 Å². The van der Waals surface area contributed by atoms with Gasteiger partial charge in [-0.2, -0.15) is 0 Å². The number of fused-ring (bicyclic) bond motifs is 1. The third kappa shape index (κ3) is 3.38. The maximum atomic E-state index is 5.82. The summed E-state index contributed by atoms with van der Waals surface area (Å²) in [5.41, 5.74) is 9.32. The van der Waals surface area contributed by atoms with Crippen LogP contribution in [0.15, 0.2) is 58.5 Å². The summed E-state index contributed by atoms with van der Waals surface area (Å²) in [6.45, 7) is 2.11. The molecule has 1 unspecified atom stereocenters. The van der Waals surface area contributed by atoms with E-state index in [1.807, 2.05) is 24.4 Å². The van der Waals surface area contributed by atoms with Crippen molar-refractivity contribution in [2.75, 3.05) is 0 Å². The Balaban J connectivity index is 1.92. The van der Waals surface area contributed by atoms with Gasteiger partial charge >= 0.3 is 0 Å². The van der Waals surface area contributed by atoms with Crippen molar-refractivity contribution in [1.29, 1.82) is 0 Å². The Labute approximate surface area is 148 Å². The molecule has 0 spiro atoms. The lowest BCUT2D eigenvalue weighted by atomic mass is 10.1. The second-order valence-corrected chi connectivity index (χ2v) is 6.26. The van der Waals surface area contributed by atoms with Crippen molar-refractivity contribution in [2.45, 2.75) is 19.4 Å². The van der Waals surface area contributed by atoms with E-state index in [1.165, 1.54) is 12.5 Å². The first kappa shape index (κ1) is 16.4. The number of nitrogens with two attached hydrogens (primary N) is 1. The minimum Gasteiger partial charge on any atom is -0.404 e. The second-order valence-electron chi connectivity index (χ2n) is 5.34. The van der Waals surface area contributed by atoms with Crippen LogP contribution in [-0.4, -0.2) is 21.2 Å². The SMILES string of the molecule is CCC(N=CC(=CN)c1ncnc2[nH]ccc12)c1cccc(Br)c1. The van der Waals surface area contributed by atoms with E-state index >= 15 is 0 Å². The largest absolute Gasteiger partial charge is 0.404 e. The summed E-state index contributed by atoms with van der Waals surface area (Å²) in [7, 11) is 0. The van der Waals surface area contributed by atoms with E-state index in [1.54, 1.807) is 6.21 Å². The zero-order valence-electron chi connectivity index (χ0n) is 13.3. The fraction of sp³-hybridized carbons (Fsp3) is 0.167. The molecule has 0 saturated heterocycles. The summed E-state index contributed by atoms with van der Waals surface area (Å²) in [5.74, 6) is 0. The number of allylic oxidation sites excluding steroid dienone is 1. The number of H-pyrrole nitrogens is 1. The molecule has 2 heterocycles. The van der Waals surface area contributed by atoms with Crippen molar-refractivity contribution in [3.8, 4) is 0 Å². The topological polar surface area (TPSA) is 79.9 Å². The van der Waals surface area contributed by atoms with Gasteiger partial charge in [0.05, 0.1) is 11.7 Å². The highest BCUT2D eigenvalue weighted by Crippen LogP contribution is 2.25. The number of hydrogen-bond acceptors (Lipinski definition) is 4. The number of rotatable bonds is 5. The molecule has 24 heavy (non-hydrogen) atoms. The molecule has 0 aliphatic rings. The van der Waals surface area contributed by atoms with Gasteiger partial charge in [-0.05, 0) is 30.2 Å². The Morgan fingerprint density at radius 1 is 1.38 bits per heavy atom. The number of nitrogens with zero attached hydrogens (tertiary/aromatic N) is 3. The molecule has 0 aliphatic carbocycles. The fourth-order valence-electron chi connectivity index (χ4n) is 2.60. The summed E-state index contributed by atoms with van der Waals surface area (Å²) >= 11 is 3.51. The molecule has 0 bridgehead atoms. The lowest BCUT2D eigenvalue weighted by Crippen LogP contribution is -1.99. The monoisotopic (exact) mass is 383 g/mol. The van der Waals surface area contributed by atoms with Gasteiger partial charge in [0.25, 0.3) is 0 Å². The molecule has 0 aliphatic heterocycles. The van der Waals surface area contributed by atoms with E-state index in [4.69, 9.17) is 10.7 Å². The van der Waals surface area contributed by atoms with Crippen LogP contribution in [0.1, 0.15) is 30.6 Å². The third-order valence-corrected chi connectivity index (χ3v) is 4.31. The van der Waals surface area contributed by atoms with E-state index in [-0.39, 0.29) is 6.04 Å². The van der Waals surface area contributed by atoms with Gasteiger partial charge in [-0.3, -0.25) is 4.99 Å². The van der Waals surface area contributed by atoms with Crippen LogP contribution in [0.25, 0.3) is 16.6 Å². The first-order chi connectivity index (χ1) is 11.7. The predicted molar refractivity (Wildman–Crippen MR) is 102 cm³/mol. The van der Waals surface area contributed by atoms with Crippen LogP contribution in [0.5, 0.6) is 0 Å². The van der Waals surface area contributed by atoms with Crippen molar-refractivity contribution < 1.29 is 0 Å². The Bertz CT molecular complexity index is 897. The molecule has 3 rings (SSSR count). The van der Waals surface area contributed by atoms with E-state index in [0.717, 1.165) is 38.8 Å². The zero-order chi connectivity index (χ0) is 16.9. The summed E-state index contributed by atoms with van der Waals surface area (Å²) in [6.07, 6.45) is 7.59. The molecule has 0 fully saturated rings. The van der Waals surface area contributed by atoms with Crippen LogP contribution in [0, 0.1) is 0 Å². The predicted octanol–water partition coefficient (Wildman–Crippen LogP) is 4.24. The van der Waals surface area contributed by atoms with Crippen LogP contribution in [0.3, 0.4) is 0 Å². The number of benzene rings is 1. The van der Waals surface area contributed by atoms with Gasteiger partial charge in [0.2, 0.25) is 0 Å². The first-order valence-electron chi connectivity index (χ1n) is 7.72. The molecule has 2 aromatic heterocycles. The summed E-state index contributed by atoms with van der Waals surface area (Å²) in [5, 5.41) is 0.927. The normalized spacial score (nSPS) is 13.7. The van der Waals surface area contributed by atoms with Crippen molar-refractivity contribution in [3.05, 3.63) is 64.8 Å². The zero-order valence-corrected chi connectivity index (χ0v) is 14.9. The number of aromatic amines is 1. The van der Waals surface area contributed by atoms with Crippen LogP contribution in [0.2, 0.25) is 0 Å². The minimum absolute atomic E-state index is 0.0704. The van der Waals surface area contributed by atoms with Gasteiger partial charge in [0, 0.05) is 34.0 Å². The van der Waals surface area contributed by atoms with Crippen molar-refractivity contribution in [2.24, 2.45) is 10.7 Å². The molecule has 5 nitrogen and oxygen atoms in total. The molecule has 3 N–H and O–H groups in total. The number of aliphatic imine (C=N–C) groups is 1. The average molecular weight is 384 g/mol. The van der Waals surface area contributed by atoms with Gasteiger partial charge in [0.15, 0.2) is 0 Å². The first-order valence-corrected chi connectivity index (χ1v) is 8.51. The van der Waals surface area contributed by atoms with Gasteiger partial charge in [-0.1, -0.05) is 35.0 Å².